The minimum atomic E-state index is -0.105. The first-order valence-corrected chi connectivity index (χ1v) is 8.84. The maximum atomic E-state index is 12.4. The zero-order valence-corrected chi connectivity index (χ0v) is 16.4. The number of aromatic nitrogens is 2. The fourth-order valence-corrected chi connectivity index (χ4v) is 3.06. The molecule has 0 unspecified atom stereocenters. The number of para-hydroxylation sites is 3. The lowest BCUT2D eigenvalue weighted by molar-refractivity contribution is -0.116. The Morgan fingerprint density at radius 1 is 1.04 bits per heavy atom. The summed E-state index contributed by atoms with van der Waals surface area (Å²) in [5, 5.41) is 6.23. The monoisotopic (exact) mass is 388 g/mol. The number of imidazole rings is 1. The number of carbonyl (C=O) groups excluding carboxylic acids is 1. The average molecular weight is 389 g/mol. The van der Waals surface area contributed by atoms with Crippen molar-refractivity contribution >= 4 is 35.0 Å². The molecular weight excluding hydrogens is 364 g/mol. The number of hydrogen-bond acceptors (Lipinski definition) is 3. The first-order valence-electron chi connectivity index (χ1n) is 8.84. The number of rotatable bonds is 7. The van der Waals surface area contributed by atoms with Crippen molar-refractivity contribution in [1.82, 2.24) is 14.5 Å². The summed E-state index contributed by atoms with van der Waals surface area (Å²) in [6.45, 7) is 3.96. The predicted molar refractivity (Wildman–Crippen MR) is 111 cm³/mol. The van der Waals surface area contributed by atoms with Gasteiger partial charge >= 0.3 is 5.69 Å². The third kappa shape index (κ3) is 4.59. The Morgan fingerprint density at radius 2 is 1.70 bits per heavy atom. The summed E-state index contributed by atoms with van der Waals surface area (Å²) in [6, 6.07) is 15.4. The molecule has 144 valence electrons. The Balaban J connectivity index is 0.00000261. The van der Waals surface area contributed by atoms with Crippen LogP contribution in [0.4, 0.5) is 5.69 Å². The van der Waals surface area contributed by atoms with E-state index in [4.69, 9.17) is 0 Å². The fourth-order valence-electron chi connectivity index (χ4n) is 3.06. The number of nitrogens with one attached hydrogen (secondary N) is 2. The lowest BCUT2D eigenvalue weighted by atomic mass is 10.1. The maximum Gasteiger partial charge on any atom is 0.328 e. The number of amides is 1. The van der Waals surface area contributed by atoms with Crippen molar-refractivity contribution in [2.75, 3.05) is 11.9 Å². The lowest BCUT2D eigenvalue weighted by Gasteiger charge is -2.11. The molecule has 3 rings (SSSR count). The van der Waals surface area contributed by atoms with Crippen LogP contribution in [0.5, 0.6) is 0 Å². The van der Waals surface area contributed by atoms with E-state index in [9.17, 15) is 9.59 Å². The largest absolute Gasteiger partial charge is 0.328 e. The van der Waals surface area contributed by atoms with Crippen molar-refractivity contribution in [1.29, 1.82) is 0 Å². The number of aryl methyl sites for hydroxylation is 2. The highest BCUT2D eigenvalue weighted by molar-refractivity contribution is 5.91. The molecule has 1 aromatic heterocycles. The second-order valence-electron chi connectivity index (χ2n) is 6.22. The number of nitrogens with zero attached hydrogens (tertiary/aromatic N) is 2. The molecule has 0 saturated heterocycles. The molecule has 1 amide bonds. The molecule has 7 heteroatoms. The Hall–Kier alpha value is -2.57. The van der Waals surface area contributed by atoms with E-state index in [1.807, 2.05) is 55.5 Å². The molecule has 0 aliphatic rings. The zero-order chi connectivity index (χ0) is 18.5. The first-order chi connectivity index (χ1) is 12.6. The van der Waals surface area contributed by atoms with E-state index >= 15 is 0 Å². The second-order valence-corrected chi connectivity index (χ2v) is 6.22. The smallest absolute Gasteiger partial charge is 0.326 e. The number of benzene rings is 2. The normalized spacial score (nSPS) is 10.6. The number of anilines is 1. The molecule has 3 aromatic rings. The SMILES string of the molecule is CCNCc1ccccc1NC(=O)CCn1c(=O)n(C)c2ccccc21.Cl. The molecule has 0 radical (unpaired) electrons. The summed E-state index contributed by atoms with van der Waals surface area (Å²) in [4.78, 5) is 24.8. The van der Waals surface area contributed by atoms with Crippen molar-refractivity contribution in [3.05, 3.63) is 64.6 Å². The summed E-state index contributed by atoms with van der Waals surface area (Å²) in [5.74, 6) is -0.103. The van der Waals surface area contributed by atoms with Crippen LogP contribution in [0.1, 0.15) is 18.9 Å². The molecule has 2 aromatic carbocycles. The van der Waals surface area contributed by atoms with E-state index in [0.717, 1.165) is 28.8 Å². The highest BCUT2D eigenvalue weighted by Crippen LogP contribution is 2.16. The number of carbonyl (C=O) groups is 1. The molecule has 1 heterocycles. The Labute approximate surface area is 164 Å². The van der Waals surface area contributed by atoms with E-state index in [-0.39, 0.29) is 30.4 Å². The third-order valence-corrected chi connectivity index (χ3v) is 4.47. The minimum absolute atomic E-state index is 0. The van der Waals surface area contributed by atoms with Gasteiger partial charge in [0.2, 0.25) is 5.91 Å². The molecule has 0 atom stereocenters. The van der Waals surface area contributed by atoms with Crippen molar-refractivity contribution in [3.63, 3.8) is 0 Å². The van der Waals surface area contributed by atoms with Gasteiger partial charge < -0.3 is 10.6 Å². The van der Waals surface area contributed by atoms with Gasteiger partial charge in [-0.1, -0.05) is 37.3 Å². The molecule has 6 nitrogen and oxygen atoms in total. The van der Waals surface area contributed by atoms with Gasteiger partial charge in [-0.15, -0.1) is 12.4 Å². The molecule has 0 bridgehead atoms. The van der Waals surface area contributed by atoms with Crippen molar-refractivity contribution in [2.45, 2.75) is 26.4 Å². The van der Waals surface area contributed by atoms with Gasteiger partial charge in [-0.2, -0.15) is 0 Å². The van der Waals surface area contributed by atoms with Crippen LogP contribution in [0.15, 0.2) is 53.3 Å². The summed E-state index contributed by atoms with van der Waals surface area (Å²) in [6.07, 6.45) is 0.240. The standard InChI is InChI=1S/C20H24N4O2.ClH/c1-3-21-14-15-8-4-5-9-16(15)22-19(25)12-13-24-18-11-7-6-10-17(18)23(2)20(24)26;/h4-11,21H,3,12-14H2,1-2H3,(H,22,25);1H. The summed E-state index contributed by atoms with van der Waals surface area (Å²) in [5.41, 5.74) is 3.47. The molecule has 0 fully saturated rings. The van der Waals surface area contributed by atoms with Crippen LogP contribution >= 0.6 is 12.4 Å². The van der Waals surface area contributed by atoms with Crippen LogP contribution in [-0.4, -0.2) is 21.6 Å². The summed E-state index contributed by atoms with van der Waals surface area (Å²) in [7, 11) is 1.75. The maximum absolute atomic E-state index is 12.4. The second kappa shape index (κ2) is 9.39. The van der Waals surface area contributed by atoms with Crippen LogP contribution in [0.25, 0.3) is 11.0 Å². The number of fused-ring (bicyclic) bond motifs is 1. The first kappa shape index (κ1) is 20.7. The van der Waals surface area contributed by atoms with E-state index in [2.05, 4.69) is 10.6 Å². The Bertz CT molecular complexity index is 978. The van der Waals surface area contributed by atoms with E-state index in [1.54, 1.807) is 16.2 Å². The average Bonchev–Trinajstić information content (AvgIpc) is 2.90. The van der Waals surface area contributed by atoms with Crippen LogP contribution in [0.3, 0.4) is 0 Å². The van der Waals surface area contributed by atoms with Gasteiger partial charge in [-0.25, -0.2) is 4.79 Å². The van der Waals surface area contributed by atoms with Gasteiger partial charge in [-0.3, -0.25) is 13.9 Å². The van der Waals surface area contributed by atoms with Gasteiger partial charge in [0.25, 0.3) is 0 Å². The van der Waals surface area contributed by atoms with Crippen molar-refractivity contribution in [2.24, 2.45) is 7.05 Å². The molecule has 0 spiro atoms. The van der Waals surface area contributed by atoms with Crippen LogP contribution in [0.2, 0.25) is 0 Å². The highest BCUT2D eigenvalue weighted by Gasteiger charge is 2.12. The van der Waals surface area contributed by atoms with Crippen LogP contribution < -0.4 is 16.3 Å². The summed E-state index contributed by atoms with van der Waals surface area (Å²) < 4.78 is 3.26. The van der Waals surface area contributed by atoms with E-state index < -0.39 is 0 Å². The molecule has 0 aliphatic heterocycles. The number of hydrogen-bond donors (Lipinski definition) is 2. The number of halogens is 1. The minimum Gasteiger partial charge on any atom is -0.326 e. The zero-order valence-electron chi connectivity index (χ0n) is 15.6. The van der Waals surface area contributed by atoms with Crippen LogP contribution in [-0.2, 0) is 24.9 Å². The van der Waals surface area contributed by atoms with Crippen molar-refractivity contribution in [3.8, 4) is 0 Å². The van der Waals surface area contributed by atoms with Gasteiger partial charge in [0, 0.05) is 32.2 Å². The predicted octanol–water partition coefficient (Wildman–Crippen LogP) is 2.90. The van der Waals surface area contributed by atoms with E-state index in [0.29, 0.717) is 13.1 Å². The Morgan fingerprint density at radius 3 is 2.44 bits per heavy atom. The summed E-state index contributed by atoms with van der Waals surface area (Å²) >= 11 is 0. The van der Waals surface area contributed by atoms with Gasteiger partial charge in [-0.05, 0) is 30.3 Å². The molecular formula is C20H25ClN4O2. The van der Waals surface area contributed by atoms with E-state index in [1.165, 1.54) is 0 Å². The lowest BCUT2D eigenvalue weighted by Crippen LogP contribution is -2.25. The van der Waals surface area contributed by atoms with Crippen molar-refractivity contribution < 1.29 is 4.79 Å². The molecule has 27 heavy (non-hydrogen) atoms. The molecule has 2 N–H and O–H groups in total. The van der Waals surface area contributed by atoms with Crippen LogP contribution in [0, 0.1) is 0 Å². The third-order valence-electron chi connectivity index (χ3n) is 4.47. The van der Waals surface area contributed by atoms with Gasteiger partial charge in [0.15, 0.2) is 0 Å². The van der Waals surface area contributed by atoms with Gasteiger partial charge in [0.05, 0.1) is 11.0 Å². The fraction of sp³-hybridized carbons (Fsp3) is 0.300. The molecule has 0 saturated carbocycles. The molecule has 0 aliphatic carbocycles. The van der Waals surface area contributed by atoms with Gasteiger partial charge in [0.1, 0.15) is 0 Å². The Kier molecular flexibility index (Phi) is 7.21. The topological polar surface area (TPSA) is 68.1 Å². The quantitative estimate of drug-likeness (QED) is 0.654. The highest BCUT2D eigenvalue weighted by atomic mass is 35.5.